The molecule has 38 heavy (non-hydrogen) atoms. The van der Waals surface area contributed by atoms with Crippen molar-refractivity contribution in [1.29, 1.82) is 0 Å². The Bertz CT molecular complexity index is 1350. The molecule has 0 spiro atoms. The molecule has 0 aromatic heterocycles. The van der Waals surface area contributed by atoms with Gasteiger partial charge in [0.15, 0.2) is 0 Å². The number of para-hydroxylation sites is 1. The zero-order valence-corrected chi connectivity index (χ0v) is 22.7. The summed E-state index contributed by atoms with van der Waals surface area (Å²) in [7, 11) is -4.02. The predicted octanol–water partition coefficient (Wildman–Crippen LogP) is 4.07. The second-order valence-electron chi connectivity index (χ2n) is 9.17. The highest BCUT2D eigenvalue weighted by molar-refractivity contribution is 7.92. The van der Waals surface area contributed by atoms with Gasteiger partial charge < -0.3 is 10.2 Å². The van der Waals surface area contributed by atoms with Crippen molar-refractivity contribution in [1.82, 2.24) is 10.2 Å². The molecule has 0 aliphatic heterocycles. The molecule has 0 bridgehead atoms. The average molecular weight is 540 g/mol. The van der Waals surface area contributed by atoms with E-state index in [1.54, 1.807) is 0 Å². The molecule has 1 atom stereocenters. The van der Waals surface area contributed by atoms with E-state index in [1.807, 2.05) is 68.4 Å². The van der Waals surface area contributed by atoms with Gasteiger partial charge >= 0.3 is 0 Å². The van der Waals surface area contributed by atoms with E-state index < -0.39 is 34.3 Å². The summed E-state index contributed by atoms with van der Waals surface area (Å²) in [4.78, 5) is 28.8. The Morgan fingerprint density at radius 2 is 1.58 bits per heavy atom. The highest BCUT2D eigenvalue weighted by atomic mass is 32.2. The van der Waals surface area contributed by atoms with E-state index in [9.17, 15) is 22.4 Å². The number of carbonyl (C=O) groups is 2. The SMILES string of the molecule is CCCNC(=O)C(Cc1ccccc1)N(Cc1ccccc1C)C(=O)CN(c1ccccc1F)S(C)(=O)=O. The maximum Gasteiger partial charge on any atom is 0.244 e. The normalized spacial score (nSPS) is 12.0. The van der Waals surface area contributed by atoms with Crippen LogP contribution in [-0.2, 0) is 32.6 Å². The van der Waals surface area contributed by atoms with Gasteiger partial charge in [-0.05, 0) is 42.2 Å². The molecular weight excluding hydrogens is 505 g/mol. The fourth-order valence-corrected chi connectivity index (χ4v) is 4.99. The summed E-state index contributed by atoms with van der Waals surface area (Å²) >= 11 is 0. The maximum atomic E-state index is 14.6. The van der Waals surface area contributed by atoms with Crippen LogP contribution >= 0.6 is 0 Å². The molecule has 0 saturated heterocycles. The number of sulfonamides is 1. The van der Waals surface area contributed by atoms with Crippen LogP contribution in [0.15, 0.2) is 78.9 Å². The Balaban J connectivity index is 2.06. The summed E-state index contributed by atoms with van der Waals surface area (Å²) in [5.41, 5.74) is 2.36. The Labute approximate surface area is 224 Å². The monoisotopic (exact) mass is 539 g/mol. The molecule has 0 aliphatic carbocycles. The number of hydrogen-bond donors (Lipinski definition) is 1. The van der Waals surface area contributed by atoms with Gasteiger partial charge in [-0.25, -0.2) is 12.8 Å². The largest absolute Gasteiger partial charge is 0.354 e. The van der Waals surface area contributed by atoms with Crippen LogP contribution in [0.3, 0.4) is 0 Å². The molecule has 3 rings (SSSR count). The quantitative estimate of drug-likeness (QED) is 0.376. The molecule has 1 unspecified atom stereocenters. The standard InChI is InChI=1S/C29H34FN3O4S/c1-4-18-31-29(35)27(19-23-13-6-5-7-14-23)32(20-24-15-9-8-12-22(24)2)28(34)21-33(38(3,36)37)26-17-11-10-16-25(26)30/h5-17,27H,4,18-21H2,1-3H3,(H,31,35). The van der Waals surface area contributed by atoms with Gasteiger partial charge in [0.25, 0.3) is 0 Å². The fraction of sp³-hybridized carbons (Fsp3) is 0.310. The summed E-state index contributed by atoms with van der Waals surface area (Å²) < 4.78 is 40.8. The van der Waals surface area contributed by atoms with Crippen LogP contribution in [0.1, 0.15) is 30.0 Å². The molecule has 9 heteroatoms. The second kappa shape index (κ2) is 13.2. The summed E-state index contributed by atoms with van der Waals surface area (Å²) in [5, 5.41) is 2.89. The highest BCUT2D eigenvalue weighted by Gasteiger charge is 2.33. The molecule has 2 amide bonds. The number of halogens is 1. The zero-order valence-electron chi connectivity index (χ0n) is 21.9. The van der Waals surface area contributed by atoms with E-state index >= 15 is 0 Å². The first-order chi connectivity index (χ1) is 18.1. The topological polar surface area (TPSA) is 86.8 Å². The number of aryl methyl sites for hydroxylation is 1. The van der Waals surface area contributed by atoms with Crippen molar-refractivity contribution in [3.05, 3.63) is 101 Å². The van der Waals surface area contributed by atoms with Gasteiger partial charge in [-0.3, -0.25) is 13.9 Å². The number of carbonyl (C=O) groups excluding carboxylic acids is 2. The van der Waals surface area contributed by atoms with Gasteiger partial charge in [0.2, 0.25) is 21.8 Å². The molecule has 0 fully saturated rings. The Hall–Kier alpha value is -3.72. The molecule has 0 saturated carbocycles. The highest BCUT2D eigenvalue weighted by Crippen LogP contribution is 2.23. The summed E-state index contributed by atoms with van der Waals surface area (Å²) in [6.45, 7) is 3.70. The molecule has 1 N–H and O–H groups in total. The maximum absolute atomic E-state index is 14.6. The third-order valence-corrected chi connectivity index (χ3v) is 7.35. The number of amides is 2. The predicted molar refractivity (Wildman–Crippen MR) is 148 cm³/mol. The summed E-state index contributed by atoms with van der Waals surface area (Å²) in [6.07, 6.45) is 1.87. The molecule has 3 aromatic rings. The molecule has 0 radical (unpaired) electrons. The van der Waals surface area contributed by atoms with E-state index in [1.165, 1.54) is 23.1 Å². The Morgan fingerprint density at radius 1 is 0.947 bits per heavy atom. The summed E-state index contributed by atoms with van der Waals surface area (Å²) in [5.74, 6) is -1.72. The number of rotatable bonds is 12. The van der Waals surface area contributed by atoms with Crippen molar-refractivity contribution in [2.75, 3.05) is 23.7 Å². The van der Waals surface area contributed by atoms with E-state index in [4.69, 9.17) is 0 Å². The van der Waals surface area contributed by atoms with Gasteiger partial charge in [-0.15, -0.1) is 0 Å². The molecular formula is C29H34FN3O4S. The fourth-order valence-electron chi connectivity index (χ4n) is 4.14. The average Bonchev–Trinajstić information content (AvgIpc) is 2.89. The van der Waals surface area contributed by atoms with Crippen molar-refractivity contribution >= 4 is 27.5 Å². The number of nitrogens with one attached hydrogen (secondary N) is 1. The number of benzene rings is 3. The molecule has 7 nitrogen and oxygen atoms in total. The van der Waals surface area contributed by atoms with Crippen LogP contribution in [0.4, 0.5) is 10.1 Å². The molecule has 0 heterocycles. The van der Waals surface area contributed by atoms with E-state index in [0.29, 0.717) is 13.0 Å². The first-order valence-corrected chi connectivity index (χ1v) is 14.3. The third-order valence-electron chi connectivity index (χ3n) is 6.22. The molecule has 3 aromatic carbocycles. The molecule has 0 aliphatic rings. The van der Waals surface area contributed by atoms with Crippen LogP contribution in [0.2, 0.25) is 0 Å². The van der Waals surface area contributed by atoms with Crippen molar-refractivity contribution in [2.24, 2.45) is 0 Å². The lowest BCUT2D eigenvalue weighted by Gasteiger charge is -2.34. The van der Waals surface area contributed by atoms with Gasteiger partial charge in [-0.1, -0.05) is 73.7 Å². The van der Waals surface area contributed by atoms with Crippen LogP contribution in [0.25, 0.3) is 0 Å². The smallest absolute Gasteiger partial charge is 0.244 e. The first-order valence-electron chi connectivity index (χ1n) is 12.5. The van der Waals surface area contributed by atoms with Crippen molar-refractivity contribution in [2.45, 2.75) is 39.3 Å². The number of nitrogens with zero attached hydrogens (tertiary/aromatic N) is 2. The van der Waals surface area contributed by atoms with Gasteiger partial charge in [0.05, 0.1) is 11.9 Å². The van der Waals surface area contributed by atoms with Crippen molar-refractivity contribution < 1.29 is 22.4 Å². The van der Waals surface area contributed by atoms with Gasteiger partial charge in [0.1, 0.15) is 18.4 Å². The zero-order chi connectivity index (χ0) is 27.7. The first kappa shape index (κ1) is 28.8. The van der Waals surface area contributed by atoms with E-state index in [2.05, 4.69) is 5.32 Å². The van der Waals surface area contributed by atoms with E-state index in [-0.39, 0.29) is 24.6 Å². The van der Waals surface area contributed by atoms with Gasteiger partial charge in [-0.2, -0.15) is 0 Å². The third kappa shape index (κ3) is 7.64. The van der Waals surface area contributed by atoms with Crippen LogP contribution in [-0.4, -0.2) is 50.5 Å². The second-order valence-corrected chi connectivity index (χ2v) is 11.1. The minimum absolute atomic E-state index is 0.0808. The van der Waals surface area contributed by atoms with Crippen molar-refractivity contribution in [3.63, 3.8) is 0 Å². The minimum atomic E-state index is -4.02. The van der Waals surface area contributed by atoms with Crippen LogP contribution in [0, 0.1) is 12.7 Å². The lowest BCUT2D eigenvalue weighted by molar-refractivity contribution is -0.140. The van der Waals surface area contributed by atoms with E-state index in [0.717, 1.165) is 33.3 Å². The number of hydrogen-bond acceptors (Lipinski definition) is 4. The van der Waals surface area contributed by atoms with Crippen LogP contribution < -0.4 is 9.62 Å². The molecule has 202 valence electrons. The van der Waals surface area contributed by atoms with Gasteiger partial charge in [0, 0.05) is 19.5 Å². The summed E-state index contributed by atoms with van der Waals surface area (Å²) in [6, 6.07) is 21.3. The lowest BCUT2D eigenvalue weighted by atomic mass is 10.0. The minimum Gasteiger partial charge on any atom is -0.354 e. The number of anilines is 1. The Kier molecular flexibility index (Phi) is 10.0. The van der Waals surface area contributed by atoms with Crippen molar-refractivity contribution in [3.8, 4) is 0 Å². The van der Waals surface area contributed by atoms with Crippen LogP contribution in [0.5, 0.6) is 0 Å². The lowest BCUT2D eigenvalue weighted by Crippen LogP contribution is -2.53. The Morgan fingerprint density at radius 3 is 2.21 bits per heavy atom.